The van der Waals surface area contributed by atoms with Crippen LogP contribution in [0.2, 0.25) is 0 Å². The minimum Gasteiger partial charge on any atom is -0.350 e. The maximum Gasteiger partial charge on any atom is 1.00 e. The summed E-state index contributed by atoms with van der Waals surface area (Å²) in [5, 5.41) is 2.85. The van der Waals surface area contributed by atoms with Crippen molar-refractivity contribution in [3.63, 3.8) is 0 Å². The Labute approximate surface area is 113 Å². The molecule has 2 rings (SSSR count). The number of benzene rings is 2. The van der Waals surface area contributed by atoms with Gasteiger partial charge in [0.25, 0.3) is 5.91 Å². The van der Waals surface area contributed by atoms with Gasteiger partial charge in [0.05, 0.1) is 0 Å². The van der Waals surface area contributed by atoms with Gasteiger partial charge in [0, 0.05) is 12.1 Å². The Morgan fingerprint density at radius 3 is 2.41 bits per heavy atom. The average molecular weight is 217 g/mol. The number of nitrogens with one attached hydrogen (secondary N) is 1. The summed E-state index contributed by atoms with van der Waals surface area (Å²) in [7, 11) is 0. The van der Waals surface area contributed by atoms with E-state index in [1.54, 1.807) is 12.1 Å². The first-order valence-corrected chi connectivity index (χ1v) is 5.15. The fourth-order valence-electron chi connectivity index (χ4n) is 1.41. The summed E-state index contributed by atoms with van der Waals surface area (Å²) < 4.78 is 0. The van der Waals surface area contributed by atoms with E-state index in [-0.39, 0.29) is 24.8 Å². The zero-order valence-corrected chi connectivity index (χ0v) is 9.81. The Balaban J connectivity index is 0.00000144. The van der Waals surface area contributed by atoms with Crippen LogP contribution < -0.4 is 24.2 Å². The van der Waals surface area contributed by atoms with E-state index in [2.05, 4.69) is 11.4 Å². The van der Waals surface area contributed by atoms with Crippen molar-refractivity contribution < 1.29 is 23.7 Å². The van der Waals surface area contributed by atoms with Crippen molar-refractivity contribution in [3.8, 4) is 0 Å². The van der Waals surface area contributed by atoms with Gasteiger partial charge in [-0.1, -0.05) is 18.2 Å². The van der Waals surface area contributed by atoms with Crippen LogP contribution in [-0.2, 0) is 6.54 Å². The SMILES string of the molecule is O=C(NCc1[c-]cccc1)c1ccccc1.[Li+]. The van der Waals surface area contributed by atoms with Gasteiger partial charge in [0.2, 0.25) is 0 Å². The van der Waals surface area contributed by atoms with Crippen LogP contribution in [0.4, 0.5) is 0 Å². The van der Waals surface area contributed by atoms with Gasteiger partial charge in [0.1, 0.15) is 0 Å². The molecule has 0 spiro atoms. The third kappa shape index (κ3) is 4.11. The Hall–Kier alpha value is -1.49. The molecule has 0 saturated carbocycles. The summed E-state index contributed by atoms with van der Waals surface area (Å²) in [6, 6.07) is 19.9. The topological polar surface area (TPSA) is 29.1 Å². The van der Waals surface area contributed by atoms with Gasteiger partial charge < -0.3 is 5.32 Å². The first-order chi connectivity index (χ1) is 7.86. The fourth-order valence-corrected chi connectivity index (χ4v) is 1.41. The Morgan fingerprint density at radius 1 is 1.06 bits per heavy atom. The Bertz CT molecular complexity index is 456. The molecule has 0 radical (unpaired) electrons. The van der Waals surface area contributed by atoms with Crippen LogP contribution in [0.1, 0.15) is 15.9 Å². The molecule has 2 nitrogen and oxygen atoms in total. The molecule has 17 heavy (non-hydrogen) atoms. The number of rotatable bonds is 3. The summed E-state index contributed by atoms with van der Waals surface area (Å²) in [5.74, 6) is -0.0575. The number of carbonyl (C=O) groups excluding carboxylic acids is 1. The van der Waals surface area contributed by atoms with Crippen molar-refractivity contribution in [2.75, 3.05) is 0 Å². The molecular weight excluding hydrogens is 205 g/mol. The zero-order valence-electron chi connectivity index (χ0n) is 9.81. The summed E-state index contributed by atoms with van der Waals surface area (Å²) in [5.41, 5.74) is 1.66. The first-order valence-electron chi connectivity index (χ1n) is 5.15. The van der Waals surface area contributed by atoms with Gasteiger partial charge in [0.15, 0.2) is 0 Å². The van der Waals surface area contributed by atoms with Crippen molar-refractivity contribution >= 4 is 5.91 Å². The van der Waals surface area contributed by atoms with E-state index < -0.39 is 0 Å². The van der Waals surface area contributed by atoms with Crippen molar-refractivity contribution in [3.05, 3.63) is 71.8 Å². The normalized spacial score (nSPS) is 9.18. The van der Waals surface area contributed by atoms with Crippen molar-refractivity contribution in [1.29, 1.82) is 0 Å². The maximum absolute atomic E-state index is 11.7. The number of hydrogen-bond donors (Lipinski definition) is 1. The molecule has 2 aromatic rings. The van der Waals surface area contributed by atoms with E-state index in [1.807, 2.05) is 42.5 Å². The molecule has 0 heterocycles. The zero-order chi connectivity index (χ0) is 11.2. The molecule has 0 aliphatic rings. The van der Waals surface area contributed by atoms with Crippen LogP contribution in [-0.4, -0.2) is 5.91 Å². The molecule has 0 aromatic heterocycles. The largest absolute Gasteiger partial charge is 1.00 e. The van der Waals surface area contributed by atoms with E-state index in [0.717, 1.165) is 5.56 Å². The standard InChI is InChI=1S/C14H12NO.Li/c16-14(13-9-5-2-6-10-13)15-11-12-7-3-1-4-8-12;/h1-7,9-10H,11H2,(H,15,16);/q-1;+1. The van der Waals surface area contributed by atoms with E-state index in [9.17, 15) is 4.79 Å². The summed E-state index contributed by atoms with van der Waals surface area (Å²) in [4.78, 5) is 11.7. The van der Waals surface area contributed by atoms with Gasteiger partial charge in [-0.05, 0) is 12.1 Å². The molecule has 0 saturated heterocycles. The van der Waals surface area contributed by atoms with Gasteiger partial charge in [-0.3, -0.25) is 4.79 Å². The summed E-state index contributed by atoms with van der Waals surface area (Å²) in [6.45, 7) is 0.508. The van der Waals surface area contributed by atoms with Crippen LogP contribution in [0.25, 0.3) is 0 Å². The van der Waals surface area contributed by atoms with Gasteiger partial charge in [-0.25, -0.2) is 0 Å². The summed E-state index contributed by atoms with van der Waals surface area (Å²) >= 11 is 0. The fraction of sp³-hybridized carbons (Fsp3) is 0.0714. The molecule has 0 bridgehead atoms. The molecule has 0 atom stereocenters. The third-order valence-corrected chi connectivity index (χ3v) is 2.25. The molecule has 1 N–H and O–H groups in total. The molecule has 80 valence electrons. The molecule has 3 heteroatoms. The van der Waals surface area contributed by atoms with E-state index in [1.165, 1.54) is 0 Å². The molecule has 0 unspecified atom stereocenters. The average Bonchev–Trinajstić information content (AvgIpc) is 2.38. The Morgan fingerprint density at radius 2 is 1.76 bits per heavy atom. The van der Waals surface area contributed by atoms with Crippen LogP contribution >= 0.6 is 0 Å². The smallest absolute Gasteiger partial charge is 0.350 e. The van der Waals surface area contributed by atoms with Crippen molar-refractivity contribution in [1.82, 2.24) is 5.32 Å². The quantitative estimate of drug-likeness (QED) is 0.541. The second kappa shape index (κ2) is 6.96. The molecule has 0 aliphatic heterocycles. The maximum atomic E-state index is 11.7. The van der Waals surface area contributed by atoms with Crippen LogP contribution in [0.5, 0.6) is 0 Å². The molecule has 1 amide bonds. The molecule has 0 aliphatic carbocycles. The van der Waals surface area contributed by atoms with Crippen molar-refractivity contribution in [2.24, 2.45) is 0 Å². The van der Waals surface area contributed by atoms with Crippen molar-refractivity contribution in [2.45, 2.75) is 6.54 Å². The van der Waals surface area contributed by atoms with E-state index >= 15 is 0 Å². The molecule has 2 aromatic carbocycles. The van der Waals surface area contributed by atoms with Gasteiger partial charge in [-0.15, -0.1) is 5.56 Å². The van der Waals surface area contributed by atoms with E-state index in [4.69, 9.17) is 0 Å². The number of amides is 1. The second-order valence-corrected chi connectivity index (χ2v) is 3.44. The number of carbonyl (C=O) groups is 1. The monoisotopic (exact) mass is 217 g/mol. The van der Waals surface area contributed by atoms with Gasteiger partial charge >= 0.3 is 18.9 Å². The van der Waals surface area contributed by atoms with Gasteiger partial charge in [-0.2, -0.15) is 30.3 Å². The molecule has 0 fully saturated rings. The third-order valence-electron chi connectivity index (χ3n) is 2.25. The minimum atomic E-state index is -0.0575. The van der Waals surface area contributed by atoms with E-state index in [0.29, 0.717) is 12.1 Å². The summed E-state index contributed by atoms with van der Waals surface area (Å²) in [6.07, 6.45) is 0. The Kier molecular flexibility index (Phi) is 5.55. The predicted octanol–water partition coefficient (Wildman–Crippen LogP) is -0.579. The molecular formula is C14H12LiNO. The second-order valence-electron chi connectivity index (χ2n) is 3.44. The van der Waals surface area contributed by atoms with Crippen LogP contribution in [0.15, 0.2) is 54.6 Å². The number of hydrogen-bond acceptors (Lipinski definition) is 1. The predicted molar refractivity (Wildman–Crippen MR) is 62.9 cm³/mol. The van der Waals surface area contributed by atoms with Crippen LogP contribution in [0, 0.1) is 6.07 Å². The first kappa shape index (κ1) is 13.6. The van der Waals surface area contributed by atoms with Crippen LogP contribution in [0.3, 0.4) is 0 Å². The minimum absolute atomic E-state index is 0.